The van der Waals surface area contributed by atoms with E-state index < -0.39 is 0 Å². The van der Waals surface area contributed by atoms with Crippen LogP contribution in [-0.4, -0.2) is 21.8 Å². The topological polar surface area (TPSA) is 94.0 Å². The molecule has 3 N–H and O–H groups in total. The second-order valence-corrected chi connectivity index (χ2v) is 6.43. The summed E-state index contributed by atoms with van der Waals surface area (Å²) in [5, 5.41) is 11.1. The van der Waals surface area contributed by atoms with Gasteiger partial charge in [-0.05, 0) is 23.6 Å². The van der Waals surface area contributed by atoms with E-state index in [0.717, 1.165) is 16.1 Å². The summed E-state index contributed by atoms with van der Waals surface area (Å²) in [6, 6.07) is 9.64. The lowest BCUT2D eigenvalue weighted by Crippen LogP contribution is -2.13. The van der Waals surface area contributed by atoms with E-state index in [4.69, 9.17) is 10.3 Å². The van der Waals surface area contributed by atoms with Gasteiger partial charge in [0.05, 0.1) is 17.9 Å². The van der Waals surface area contributed by atoms with Crippen molar-refractivity contribution >= 4 is 34.7 Å². The highest BCUT2D eigenvalue weighted by Gasteiger charge is 2.10. The molecule has 0 saturated heterocycles. The molecule has 0 radical (unpaired) electrons. The van der Waals surface area contributed by atoms with E-state index in [2.05, 4.69) is 15.5 Å². The number of rotatable bonds is 7. The Hall–Kier alpha value is -2.32. The van der Waals surface area contributed by atoms with Crippen LogP contribution in [0.5, 0.6) is 0 Å². The zero-order valence-electron chi connectivity index (χ0n) is 12.1. The lowest BCUT2D eigenvalue weighted by atomic mass is 10.3. The highest BCUT2D eigenvalue weighted by atomic mass is 32.2. The maximum atomic E-state index is 10.9. The molecule has 0 aliphatic heterocycles. The zero-order valence-corrected chi connectivity index (χ0v) is 13.7. The summed E-state index contributed by atoms with van der Waals surface area (Å²) in [5.41, 5.74) is 7.02. The van der Waals surface area contributed by atoms with E-state index in [1.807, 2.05) is 41.1 Å². The number of thiophene rings is 1. The first kappa shape index (κ1) is 15.6. The molecule has 0 unspecified atom stereocenters. The molecule has 2 heterocycles. The molecule has 1 amide bonds. The molecule has 0 bridgehead atoms. The van der Waals surface area contributed by atoms with Gasteiger partial charge in [0.25, 0.3) is 5.89 Å². The Labute approximate surface area is 141 Å². The fourth-order valence-corrected chi connectivity index (χ4v) is 3.29. The third-order valence-electron chi connectivity index (χ3n) is 2.93. The Kier molecular flexibility index (Phi) is 4.94. The lowest BCUT2D eigenvalue weighted by molar-refractivity contribution is -0.115. The Bertz CT molecular complexity index is 786. The van der Waals surface area contributed by atoms with Gasteiger partial charge < -0.3 is 15.6 Å². The van der Waals surface area contributed by atoms with Gasteiger partial charge >= 0.3 is 0 Å². The van der Waals surface area contributed by atoms with Gasteiger partial charge in [0, 0.05) is 16.0 Å². The number of nitrogens with two attached hydrogens (primary N) is 1. The largest absolute Gasteiger partial charge is 0.377 e. The molecule has 3 aromatic rings. The number of thioether (sulfide) groups is 1. The molecule has 0 aliphatic carbocycles. The van der Waals surface area contributed by atoms with Crippen molar-refractivity contribution in [2.75, 3.05) is 11.1 Å². The van der Waals surface area contributed by atoms with Crippen LogP contribution < -0.4 is 11.1 Å². The molecule has 0 spiro atoms. The van der Waals surface area contributed by atoms with E-state index in [1.165, 1.54) is 11.8 Å². The van der Waals surface area contributed by atoms with Crippen LogP contribution in [0.15, 0.2) is 50.5 Å². The fraction of sp³-hybridized carbons (Fsp3) is 0.133. The molecule has 2 aromatic heterocycles. The van der Waals surface area contributed by atoms with Crippen molar-refractivity contribution in [3.63, 3.8) is 0 Å². The summed E-state index contributed by atoms with van der Waals surface area (Å²) in [4.78, 5) is 16.2. The smallest absolute Gasteiger partial charge is 0.258 e. The van der Waals surface area contributed by atoms with Gasteiger partial charge in [-0.3, -0.25) is 4.79 Å². The average molecular weight is 346 g/mol. The summed E-state index contributed by atoms with van der Waals surface area (Å²) >= 11 is 2.97. The normalized spacial score (nSPS) is 10.6. The van der Waals surface area contributed by atoms with Gasteiger partial charge in [0.1, 0.15) is 0 Å². The van der Waals surface area contributed by atoms with Crippen LogP contribution in [0.25, 0.3) is 11.5 Å². The van der Waals surface area contributed by atoms with Gasteiger partial charge in [-0.15, -0.1) is 11.8 Å². The molecular weight excluding hydrogens is 332 g/mol. The van der Waals surface area contributed by atoms with Crippen molar-refractivity contribution in [2.45, 2.75) is 11.4 Å². The average Bonchev–Trinajstić information content (AvgIpc) is 3.22. The Morgan fingerprint density at radius 1 is 1.35 bits per heavy atom. The highest BCUT2D eigenvalue weighted by Crippen LogP contribution is 2.27. The van der Waals surface area contributed by atoms with Crippen molar-refractivity contribution in [3.8, 4) is 11.5 Å². The third kappa shape index (κ3) is 4.11. The van der Waals surface area contributed by atoms with Crippen LogP contribution in [0.2, 0.25) is 0 Å². The monoisotopic (exact) mass is 346 g/mol. The van der Waals surface area contributed by atoms with Crippen LogP contribution in [0.4, 0.5) is 5.69 Å². The molecule has 23 heavy (non-hydrogen) atoms. The summed E-state index contributed by atoms with van der Waals surface area (Å²) in [7, 11) is 0. The number of carbonyl (C=O) groups excluding carboxylic acids is 1. The number of carbonyl (C=O) groups is 1. The summed E-state index contributed by atoms with van der Waals surface area (Å²) in [5.74, 6) is 0.979. The number of aromatic nitrogens is 2. The predicted octanol–water partition coefficient (Wildman–Crippen LogP) is 2.99. The molecule has 3 rings (SSSR count). The molecule has 1 aromatic carbocycles. The van der Waals surface area contributed by atoms with Gasteiger partial charge in [0.15, 0.2) is 5.82 Å². The van der Waals surface area contributed by atoms with Crippen molar-refractivity contribution < 1.29 is 9.32 Å². The first-order chi connectivity index (χ1) is 11.2. The van der Waals surface area contributed by atoms with Gasteiger partial charge in [-0.25, -0.2) is 0 Å². The lowest BCUT2D eigenvalue weighted by Gasteiger charge is -2.09. The molecule has 0 atom stereocenters. The van der Waals surface area contributed by atoms with Crippen molar-refractivity contribution in [2.24, 2.45) is 5.73 Å². The minimum Gasteiger partial charge on any atom is -0.377 e. The Balaban J connectivity index is 1.65. The van der Waals surface area contributed by atoms with E-state index in [1.54, 1.807) is 11.3 Å². The number of anilines is 1. The van der Waals surface area contributed by atoms with Crippen molar-refractivity contribution in [1.29, 1.82) is 0 Å². The summed E-state index contributed by atoms with van der Waals surface area (Å²) in [6.07, 6.45) is 0. The van der Waals surface area contributed by atoms with Gasteiger partial charge in [0.2, 0.25) is 5.91 Å². The van der Waals surface area contributed by atoms with Crippen LogP contribution in [0.1, 0.15) is 5.82 Å². The number of primary amides is 1. The molecule has 8 heteroatoms. The number of amides is 1. The number of nitrogens with zero attached hydrogens (tertiary/aromatic N) is 2. The molecule has 118 valence electrons. The molecule has 0 saturated carbocycles. The molecule has 0 aliphatic rings. The Morgan fingerprint density at radius 2 is 2.22 bits per heavy atom. The van der Waals surface area contributed by atoms with E-state index in [9.17, 15) is 4.79 Å². The second-order valence-electron chi connectivity index (χ2n) is 4.63. The van der Waals surface area contributed by atoms with Gasteiger partial charge in [-0.2, -0.15) is 16.3 Å². The first-order valence-corrected chi connectivity index (χ1v) is 8.74. The second kappa shape index (κ2) is 7.30. The SMILES string of the molecule is NC(=O)CSc1ccccc1NCc1noc(-c2ccsc2)n1. The van der Waals surface area contributed by atoms with E-state index in [-0.39, 0.29) is 11.7 Å². The number of hydrogen-bond donors (Lipinski definition) is 2. The van der Waals surface area contributed by atoms with Crippen LogP contribution in [0.3, 0.4) is 0 Å². The standard InChI is InChI=1S/C15H14N4O2S2/c16-13(20)9-23-12-4-2-1-3-11(12)17-7-14-18-15(21-19-14)10-5-6-22-8-10/h1-6,8,17H,7,9H2,(H2,16,20). The fourth-order valence-electron chi connectivity index (χ4n) is 1.89. The number of hydrogen-bond acceptors (Lipinski definition) is 7. The highest BCUT2D eigenvalue weighted by molar-refractivity contribution is 8.00. The Morgan fingerprint density at radius 3 is 3.00 bits per heavy atom. The van der Waals surface area contributed by atoms with Crippen LogP contribution in [0, 0.1) is 0 Å². The zero-order chi connectivity index (χ0) is 16.1. The predicted molar refractivity (Wildman–Crippen MR) is 91.3 cm³/mol. The summed E-state index contributed by atoms with van der Waals surface area (Å²) in [6.45, 7) is 0.432. The number of nitrogens with one attached hydrogen (secondary N) is 1. The van der Waals surface area contributed by atoms with Gasteiger partial charge in [-0.1, -0.05) is 17.3 Å². The first-order valence-electron chi connectivity index (χ1n) is 6.81. The summed E-state index contributed by atoms with van der Waals surface area (Å²) < 4.78 is 5.25. The minimum absolute atomic E-state index is 0.239. The maximum Gasteiger partial charge on any atom is 0.258 e. The third-order valence-corrected chi connectivity index (χ3v) is 4.71. The number of para-hydroxylation sites is 1. The maximum absolute atomic E-state index is 10.9. The van der Waals surface area contributed by atoms with Crippen molar-refractivity contribution in [1.82, 2.24) is 10.1 Å². The van der Waals surface area contributed by atoms with Crippen molar-refractivity contribution in [3.05, 3.63) is 46.9 Å². The van der Waals surface area contributed by atoms with E-state index in [0.29, 0.717) is 18.3 Å². The van der Waals surface area contributed by atoms with Crippen LogP contribution in [-0.2, 0) is 11.3 Å². The number of benzene rings is 1. The quantitative estimate of drug-likeness (QED) is 0.639. The molecule has 0 fully saturated rings. The van der Waals surface area contributed by atoms with E-state index >= 15 is 0 Å². The van der Waals surface area contributed by atoms with Crippen LogP contribution >= 0.6 is 23.1 Å². The minimum atomic E-state index is -0.344. The molecule has 6 nitrogen and oxygen atoms in total. The molecular formula is C15H14N4O2S2.